The molecule has 0 radical (unpaired) electrons. The van der Waals surface area contributed by atoms with E-state index in [0.717, 1.165) is 17.7 Å². The number of halogens is 1. The smallest absolute Gasteiger partial charge is 0.343 e. The normalized spacial score (nSPS) is 12.4. The number of aryl methyl sites for hydroxylation is 1. The lowest BCUT2D eigenvalue weighted by atomic mass is 10.1. The van der Waals surface area contributed by atoms with E-state index in [9.17, 15) is 4.79 Å². The number of aromatic nitrogens is 2. The average molecular weight is 383 g/mol. The van der Waals surface area contributed by atoms with Crippen molar-refractivity contribution in [2.45, 2.75) is 33.2 Å². The number of hydrogen-bond acceptors (Lipinski definition) is 5. The Bertz CT molecular complexity index is 859. The van der Waals surface area contributed by atoms with Gasteiger partial charge in [-0.05, 0) is 25.0 Å². The molecule has 1 aliphatic heterocycles. The zero-order valence-corrected chi connectivity index (χ0v) is 15.6. The highest BCUT2D eigenvalue weighted by Crippen LogP contribution is 2.37. The molecule has 134 valence electrons. The predicted octanol–water partition coefficient (Wildman–Crippen LogP) is 4.11. The van der Waals surface area contributed by atoms with Gasteiger partial charge in [0.1, 0.15) is 10.2 Å². The van der Waals surface area contributed by atoms with Gasteiger partial charge in [-0.2, -0.15) is 0 Å². The summed E-state index contributed by atoms with van der Waals surface area (Å²) in [5.74, 6) is 0.853. The van der Waals surface area contributed by atoms with E-state index in [1.54, 1.807) is 6.07 Å². The van der Waals surface area contributed by atoms with Crippen LogP contribution in [0.25, 0.3) is 0 Å². The van der Waals surface area contributed by atoms with Crippen molar-refractivity contribution in [2.24, 2.45) is 0 Å². The molecular weight excluding hydrogens is 364 g/mol. The second kappa shape index (κ2) is 7.49. The molecule has 6 nitrogen and oxygen atoms in total. The first-order valence-electron chi connectivity index (χ1n) is 8.12. The second-order valence-corrected chi connectivity index (χ2v) is 6.43. The zero-order chi connectivity index (χ0) is 18.0. The lowest BCUT2D eigenvalue weighted by Crippen LogP contribution is -2.11. The van der Waals surface area contributed by atoms with Gasteiger partial charge in [-0.1, -0.05) is 30.7 Å². The minimum absolute atomic E-state index is 0.180. The van der Waals surface area contributed by atoms with E-state index < -0.39 is 5.97 Å². The Morgan fingerprint density at radius 2 is 2.08 bits per heavy atom. The first-order chi connectivity index (χ1) is 12.0. The molecule has 0 aliphatic carbocycles. The van der Waals surface area contributed by atoms with Crippen LogP contribution in [0.4, 0.5) is 0 Å². The van der Waals surface area contributed by atoms with Crippen molar-refractivity contribution in [1.82, 2.24) is 9.78 Å². The van der Waals surface area contributed by atoms with Crippen LogP contribution < -0.4 is 9.47 Å². The Kier molecular flexibility index (Phi) is 5.34. The summed E-state index contributed by atoms with van der Waals surface area (Å²) in [5.41, 5.74) is 1.96. The van der Waals surface area contributed by atoms with Crippen molar-refractivity contribution in [3.8, 4) is 11.5 Å². The van der Waals surface area contributed by atoms with Gasteiger partial charge >= 0.3 is 5.97 Å². The summed E-state index contributed by atoms with van der Waals surface area (Å²) in [7, 11) is 0. The van der Waals surface area contributed by atoms with Crippen molar-refractivity contribution in [2.75, 3.05) is 13.4 Å². The molecule has 8 heteroatoms. The minimum Gasteiger partial charge on any atom is -0.462 e. The molecular formula is C17H19ClN2O4S. The first kappa shape index (κ1) is 17.8. The van der Waals surface area contributed by atoms with E-state index in [1.807, 2.05) is 24.6 Å². The predicted molar refractivity (Wildman–Crippen MR) is 96.2 cm³/mol. The van der Waals surface area contributed by atoms with Gasteiger partial charge in [0, 0.05) is 24.1 Å². The van der Waals surface area contributed by atoms with Gasteiger partial charge in [-0.15, -0.1) is 0 Å². The Morgan fingerprint density at radius 1 is 1.36 bits per heavy atom. The van der Waals surface area contributed by atoms with Crippen LogP contribution in [-0.4, -0.2) is 29.1 Å². The zero-order valence-electron chi connectivity index (χ0n) is 14.1. The summed E-state index contributed by atoms with van der Waals surface area (Å²) in [6, 6.07) is 3.56. The maximum atomic E-state index is 12.4. The summed E-state index contributed by atoms with van der Waals surface area (Å²) in [6.45, 7) is 5.09. The molecule has 1 aliphatic rings. The van der Waals surface area contributed by atoms with Crippen LogP contribution in [0.3, 0.4) is 0 Å². The van der Waals surface area contributed by atoms with Crippen molar-refractivity contribution < 1.29 is 19.0 Å². The molecule has 2 aromatic rings. The summed E-state index contributed by atoms with van der Waals surface area (Å²) in [5, 5.41) is 3.59. The lowest BCUT2D eigenvalue weighted by molar-refractivity contribution is 0.0503. The van der Waals surface area contributed by atoms with Crippen molar-refractivity contribution in [1.29, 1.82) is 0 Å². The number of esters is 1. The fraction of sp³-hybridized carbons (Fsp3) is 0.412. The summed E-state index contributed by atoms with van der Waals surface area (Å²) in [4.78, 5) is 12.4. The van der Waals surface area contributed by atoms with Crippen LogP contribution >= 0.6 is 23.8 Å². The molecule has 0 unspecified atom stereocenters. The molecule has 0 saturated carbocycles. The van der Waals surface area contributed by atoms with Crippen molar-refractivity contribution in [3.05, 3.63) is 38.6 Å². The third-order valence-corrected chi connectivity index (χ3v) is 4.58. The maximum absolute atomic E-state index is 12.4. The largest absolute Gasteiger partial charge is 0.462 e. The Hall–Kier alpha value is -1.99. The molecule has 1 aromatic heterocycles. The first-order valence-corrected chi connectivity index (χ1v) is 8.90. The third kappa shape index (κ3) is 3.52. The number of aromatic amines is 1. The molecule has 1 N–H and O–H groups in total. The highest BCUT2D eigenvalue weighted by Gasteiger charge is 2.23. The van der Waals surface area contributed by atoms with Gasteiger partial charge in [0.05, 0.1) is 12.3 Å². The number of rotatable bonds is 6. The minimum atomic E-state index is -0.415. The van der Waals surface area contributed by atoms with Gasteiger partial charge in [0.2, 0.25) is 6.79 Å². The van der Waals surface area contributed by atoms with Gasteiger partial charge < -0.3 is 14.2 Å². The van der Waals surface area contributed by atoms with Gasteiger partial charge in [-0.25, -0.2) is 4.79 Å². The van der Waals surface area contributed by atoms with Crippen molar-refractivity contribution in [3.63, 3.8) is 0 Å². The van der Waals surface area contributed by atoms with Crippen LogP contribution in [0.2, 0.25) is 5.02 Å². The number of H-pyrrole nitrogens is 1. The number of hydrogen-bond donors (Lipinski definition) is 1. The molecule has 0 amide bonds. The number of benzene rings is 1. The van der Waals surface area contributed by atoms with E-state index in [2.05, 4.69) is 5.10 Å². The van der Waals surface area contributed by atoms with E-state index in [4.69, 9.17) is 38.0 Å². The highest BCUT2D eigenvalue weighted by molar-refractivity contribution is 7.71. The third-order valence-electron chi connectivity index (χ3n) is 3.94. The van der Waals surface area contributed by atoms with E-state index in [0.29, 0.717) is 46.3 Å². The standard InChI is InChI=1S/C17H19ClN2O4S/c1-3-5-22-17(21)15-12(20(4-2)19-16(15)25)6-10-7-13-14(8-11(10)18)24-9-23-13/h7-8H,3-6,9H2,1-2H3,(H,19,25). The molecule has 0 atom stereocenters. The molecule has 0 bridgehead atoms. The van der Waals surface area contributed by atoms with Gasteiger partial charge in [0.15, 0.2) is 11.5 Å². The number of carbonyl (C=O) groups is 1. The van der Waals surface area contributed by atoms with Crippen LogP contribution in [0.1, 0.15) is 41.9 Å². The number of ether oxygens (including phenoxy) is 3. The van der Waals surface area contributed by atoms with Gasteiger partial charge in [0.25, 0.3) is 0 Å². The molecule has 3 rings (SSSR count). The summed E-state index contributed by atoms with van der Waals surface area (Å²) < 4.78 is 18.2. The quantitative estimate of drug-likeness (QED) is 0.601. The lowest BCUT2D eigenvalue weighted by Gasteiger charge is -2.11. The topological polar surface area (TPSA) is 65.5 Å². The Morgan fingerprint density at radius 3 is 2.76 bits per heavy atom. The monoisotopic (exact) mass is 382 g/mol. The molecule has 25 heavy (non-hydrogen) atoms. The fourth-order valence-corrected chi connectivity index (χ4v) is 3.25. The Balaban J connectivity index is 1.99. The molecule has 2 heterocycles. The molecule has 0 saturated heterocycles. The SMILES string of the molecule is CCCOC(=O)c1c(Cc2cc3c(cc2Cl)OCO3)n(CC)[nH]c1=S. The molecule has 0 spiro atoms. The van der Waals surface area contributed by atoms with Crippen LogP contribution in [0, 0.1) is 4.64 Å². The fourth-order valence-electron chi connectivity index (χ4n) is 2.72. The number of fused-ring (bicyclic) bond motifs is 1. The summed E-state index contributed by atoms with van der Waals surface area (Å²) >= 11 is 11.7. The molecule has 0 fully saturated rings. The van der Waals surface area contributed by atoms with E-state index in [-0.39, 0.29) is 6.79 Å². The molecule has 1 aromatic carbocycles. The second-order valence-electron chi connectivity index (χ2n) is 5.62. The highest BCUT2D eigenvalue weighted by atomic mass is 35.5. The van der Waals surface area contributed by atoms with Crippen LogP contribution in [-0.2, 0) is 17.7 Å². The maximum Gasteiger partial charge on any atom is 0.343 e. The summed E-state index contributed by atoms with van der Waals surface area (Å²) in [6.07, 6.45) is 1.17. The number of nitrogens with zero attached hydrogens (tertiary/aromatic N) is 1. The number of nitrogens with one attached hydrogen (secondary N) is 1. The Labute approximate surface area is 155 Å². The van der Waals surface area contributed by atoms with Crippen LogP contribution in [0.5, 0.6) is 11.5 Å². The average Bonchev–Trinajstić information content (AvgIpc) is 3.16. The van der Waals surface area contributed by atoms with Crippen LogP contribution in [0.15, 0.2) is 12.1 Å². The van der Waals surface area contributed by atoms with Gasteiger partial charge in [-0.3, -0.25) is 9.78 Å². The van der Waals surface area contributed by atoms with Crippen molar-refractivity contribution >= 4 is 29.8 Å². The van der Waals surface area contributed by atoms with E-state index in [1.165, 1.54) is 0 Å². The van der Waals surface area contributed by atoms with E-state index >= 15 is 0 Å². The number of carbonyl (C=O) groups excluding carboxylic acids is 1.